The topological polar surface area (TPSA) is 51.5 Å². The molecule has 1 N–H and O–H groups in total. The largest absolute Gasteiger partial charge is 0.497 e. The molecule has 0 aliphatic carbocycles. The number of rotatable bonds is 5. The number of imidazole rings is 1. The molecule has 24 heavy (non-hydrogen) atoms. The third-order valence-corrected chi connectivity index (χ3v) is 4.66. The standard InChI is InChI=1S/C18H16N4OS/c1-23-14-5-2-4-13(10-14)17-18(20-11-15-6-3-9-24-15)22-8-7-19-12-16(22)21-17/h2-10,12,20H,11H2,1H3. The number of hydrogen-bond acceptors (Lipinski definition) is 5. The Bertz CT molecular complexity index is 962. The number of ether oxygens (including phenoxy) is 1. The second-order valence-electron chi connectivity index (χ2n) is 5.28. The summed E-state index contributed by atoms with van der Waals surface area (Å²) in [5, 5.41) is 5.60. The molecule has 0 unspecified atom stereocenters. The lowest BCUT2D eigenvalue weighted by atomic mass is 10.1. The number of fused-ring (bicyclic) bond motifs is 1. The molecule has 0 aliphatic heterocycles. The molecule has 0 atom stereocenters. The molecule has 0 amide bonds. The summed E-state index contributed by atoms with van der Waals surface area (Å²) < 4.78 is 7.37. The van der Waals surface area contributed by atoms with Crippen molar-refractivity contribution in [1.82, 2.24) is 14.4 Å². The van der Waals surface area contributed by atoms with Crippen LogP contribution in [0.3, 0.4) is 0 Å². The van der Waals surface area contributed by atoms with E-state index in [4.69, 9.17) is 9.72 Å². The summed E-state index contributed by atoms with van der Waals surface area (Å²) in [5.41, 5.74) is 2.70. The van der Waals surface area contributed by atoms with E-state index in [1.54, 1.807) is 30.8 Å². The Kier molecular flexibility index (Phi) is 3.88. The molecule has 0 saturated carbocycles. The molecule has 0 aliphatic rings. The fourth-order valence-corrected chi connectivity index (χ4v) is 3.28. The number of benzene rings is 1. The van der Waals surface area contributed by atoms with Gasteiger partial charge in [0.15, 0.2) is 5.65 Å². The van der Waals surface area contributed by atoms with E-state index in [1.807, 2.05) is 34.9 Å². The van der Waals surface area contributed by atoms with Crippen molar-refractivity contribution >= 4 is 22.8 Å². The minimum atomic E-state index is 0.755. The first-order valence-corrected chi connectivity index (χ1v) is 8.46. The minimum Gasteiger partial charge on any atom is -0.497 e. The zero-order chi connectivity index (χ0) is 16.4. The third kappa shape index (κ3) is 2.72. The molecule has 6 heteroatoms. The Morgan fingerprint density at radius 3 is 3.04 bits per heavy atom. The van der Waals surface area contributed by atoms with Crippen molar-refractivity contribution in [3.8, 4) is 17.0 Å². The number of anilines is 1. The number of methoxy groups -OCH3 is 1. The summed E-state index contributed by atoms with van der Waals surface area (Å²) in [6.07, 6.45) is 5.45. The van der Waals surface area contributed by atoms with Gasteiger partial charge in [-0.3, -0.25) is 9.38 Å². The summed E-state index contributed by atoms with van der Waals surface area (Å²) in [4.78, 5) is 10.2. The van der Waals surface area contributed by atoms with E-state index in [9.17, 15) is 0 Å². The Morgan fingerprint density at radius 2 is 2.21 bits per heavy atom. The highest BCUT2D eigenvalue weighted by Gasteiger charge is 2.14. The van der Waals surface area contributed by atoms with Crippen molar-refractivity contribution in [2.24, 2.45) is 0 Å². The fraction of sp³-hybridized carbons (Fsp3) is 0.111. The highest BCUT2D eigenvalue weighted by atomic mass is 32.1. The van der Waals surface area contributed by atoms with Crippen LogP contribution in [0.5, 0.6) is 5.75 Å². The van der Waals surface area contributed by atoms with Crippen LogP contribution in [-0.4, -0.2) is 21.5 Å². The summed E-state index contributed by atoms with van der Waals surface area (Å²) in [5.74, 6) is 1.76. The summed E-state index contributed by atoms with van der Waals surface area (Å²) in [6, 6.07) is 12.1. The Morgan fingerprint density at radius 1 is 1.25 bits per heavy atom. The predicted molar refractivity (Wildman–Crippen MR) is 96.6 cm³/mol. The summed E-state index contributed by atoms with van der Waals surface area (Å²) in [6.45, 7) is 0.755. The van der Waals surface area contributed by atoms with Crippen LogP contribution in [0.1, 0.15) is 4.88 Å². The van der Waals surface area contributed by atoms with E-state index < -0.39 is 0 Å². The molecule has 0 bridgehead atoms. The van der Waals surface area contributed by atoms with E-state index in [1.165, 1.54) is 4.88 Å². The van der Waals surface area contributed by atoms with Crippen LogP contribution >= 0.6 is 11.3 Å². The predicted octanol–water partition coefficient (Wildman–Crippen LogP) is 4.08. The van der Waals surface area contributed by atoms with Crippen LogP contribution in [0.25, 0.3) is 16.9 Å². The second kappa shape index (κ2) is 6.33. The second-order valence-corrected chi connectivity index (χ2v) is 6.31. The first kappa shape index (κ1) is 14.7. The van der Waals surface area contributed by atoms with Crippen LogP contribution < -0.4 is 10.1 Å². The monoisotopic (exact) mass is 336 g/mol. The molecule has 120 valence electrons. The lowest BCUT2D eigenvalue weighted by molar-refractivity contribution is 0.415. The van der Waals surface area contributed by atoms with Gasteiger partial charge >= 0.3 is 0 Å². The summed E-state index contributed by atoms with van der Waals surface area (Å²) in [7, 11) is 1.67. The number of nitrogens with one attached hydrogen (secondary N) is 1. The fourth-order valence-electron chi connectivity index (χ4n) is 2.63. The number of nitrogens with zero attached hydrogens (tertiary/aromatic N) is 3. The molecule has 0 fully saturated rings. The molecule has 3 aromatic heterocycles. The molecule has 1 aromatic carbocycles. The van der Waals surface area contributed by atoms with Crippen LogP contribution in [0.4, 0.5) is 5.82 Å². The van der Waals surface area contributed by atoms with Crippen LogP contribution in [-0.2, 0) is 6.54 Å². The Balaban J connectivity index is 1.79. The van der Waals surface area contributed by atoms with Crippen molar-refractivity contribution in [3.63, 3.8) is 0 Å². The highest BCUT2D eigenvalue weighted by molar-refractivity contribution is 7.09. The maximum Gasteiger partial charge on any atom is 0.157 e. The molecular weight excluding hydrogens is 320 g/mol. The molecule has 4 aromatic rings. The SMILES string of the molecule is COc1cccc(-c2nc3cnccn3c2NCc2cccs2)c1. The first-order chi connectivity index (χ1) is 11.8. The van der Waals surface area contributed by atoms with E-state index in [2.05, 4.69) is 27.8 Å². The van der Waals surface area contributed by atoms with Crippen molar-refractivity contribution in [2.75, 3.05) is 12.4 Å². The molecular formula is C18H16N4OS. The van der Waals surface area contributed by atoms with Gasteiger partial charge < -0.3 is 10.1 Å². The quantitative estimate of drug-likeness (QED) is 0.597. The Hall–Kier alpha value is -2.86. The van der Waals surface area contributed by atoms with Gasteiger partial charge in [-0.2, -0.15) is 0 Å². The van der Waals surface area contributed by atoms with Crippen LogP contribution in [0.15, 0.2) is 60.4 Å². The molecule has 0 saturated heterocycles. The van der Waals surface area contributed by atoms with Gasteiger partial charge in [0.25, 0.3) is 0 Å². The minimum absolute atomic E-state index is 0.755. The molecule has 0 spiro atoms. The van der Waals surface area contributed by atoms with Crippen molar-refractivity contribution in [3.05, 3.63) is 65.2 Å². The van der Waals surface area contributed by atoms with Gasteiger partial charge in [0, 0.05) is 22.8 Å². The van der Waals surface area contributed by atoms with E-state index >= 15 is 0 Å². The number of aromatic nitrogens is 3. The lowest BCUT2D eigenvalue weighted by Gasteiger charge is -2.08. The van der Waals surface area contributed by atoms with E-state index in [0.29, 0.717) is 0 Å². The van der Waals surface area contributed by atoms with Crippen LogP contribution in [0.2, 0.25) is 0 Å². The Labute approximate surface area is 143 Å². The molecule has 5 nitrogen and oxygen atoms in total. The maximum atomic E-state index is 5.34. The van der Waals surface area contributed by atoms with Crippen LogP contribution in [0, 0.1) is 0 Å². The van der Waals surface area contributed by atoms with E-state index in [-0.39, 0.29) is 0 Å². The average molecular weight is 336 g/mol. The van der Waals surface area contributed by atoms with Gasteiger partial charge in [-0.1, -0.05) is 18.2 Å². The summed E-state index contributed by atoms with van der Waals surface area (Å²) >= 11 is 1.73. The lowest BCUT2D eigenvalue weighted by Crippen LogP contribution is -2.02. The van der Waals surface area contributed by atoms with Crippen molar-refractivity contribution < 1.29 is 4.74 Å². The first-order valence-electron chi connectivity index (χ1n) is 7.58. The van der Waals surface area contributed by atoms with Gasteiger partial charge in [-0.15, -0.1) is 11.3 Å². The van der Waals surface area contributed by atoms with Gasteiger partial charge in [-0.25, -0.2) is 4.98 Å². The van der Waals surface area contributed by atoms with Gasteiger partial charge in [-0.05, 0) is 23.6 Å². The highest BCUT2D eigenvalue weighted by Crippen LogP contribution is 2.31. The van der Waals surface area contributed by atoms with E-state index in [0.717, 1.165) is 35.0 Å². The van der Waals surface area contributed by atoms with Crippen molar-refractivity contribution in [1.29, 1.82) is 0 Å². The van der Waals surface area contributed by atoms with Crippen molar-refractivity contribution in [2.45, 2.75) is 6.54 Å². The normalized spacial score (nSPS) is 10.9. The van der Waals surface area contributed by atoms with Gasteiger partial charge in [0.1, 0.15) is 17.3 Å². The smallest absolute Gasteiger partial charge is 0.157 e. The zero-order valence-electron chi connectivity index (χ0n) is 13.1. The maximum absolute atomic E-state index is 5.34. The van der Waals surface area contributed by atoms with Gasteiger partial charge in [0.05, 0.1) is 19.9 Å². The molecule has 4 rings (SSSR count). The van der Waals surface area contributed by atoms with Gasteiger partial charge in [0.2, 0.25) is 0 Å². The average Bonchev–Trinajstić information content (AvgIpc) is 3.27. The number of hydrogen-bond donors (Lipinski definition) is 1. The zero-order valence-corrected chi connectivity index (χ0v) is 14.0. The number of thiophene rings is 1. The third-order valence-electron chi connectivity index (χ3n) is 3.78. The molecule has 0 radical (unpaired) electrons. The molecule has 3 heterocycles.